The van der Waals surface area contributed by atoms with E-state index in [-0.39, 0.29) is 35.0 Å². The lowest BCUT2D eigenvalue weighted by molar-refractivity contribution is -0.118. The van der Waals surface area contributed by atoms with Crippen molar-refractivity contribution in [1.29, 1.82) is 0 Å². The summed E-state index contributed by atoms with van der Waals surface area (Å²) in [5, 5.41) is 5.44. The number of hydrogen-bond acceptors (Lipinski definition) is 5. The Morgan fingerprint density at radius 2 is 1.97 bits per heavy atom. The van der Waals surface area contributed by atoms with Crippen molar-refractivity contribution in [2.45, 2.75) is 13.0 Å². The van der Waals surface area contributed by atoms with E-state index in [9.17, 15) is 18.8 Å². The quantitative estimate of drug-likeness (QED) is 0.537. The number of anilines is 1. The van der Waals surface area contributed by atoms with E-state index in [1.165, 1.54) is 37.4 Å². The van der Waals surface area contributed by atoms with Gasteiger partial charge < -0.3 is 15.4 Å². The summed E-state index contributed by atoms with van der Waals surface area (Å²) in [4.78, 5) is 42.3. The van der Waals surface area contributed by atoms with Crippen LogP contribution in [0.3, 0.4) is 0 Å². The van der Waals surface area contributed by atoms with E-state index in [0.29, 0.717) is 17.1 Å². The molecule has 2 aromatic carbocycles. The Bertz CT molecular complexity index is 1260. The van der Waals surface area contributed by atoms with E-state index < -0.39 is 23.4 Å². The van der Waals surface area contributed by atoms with Crippen molar-refractivity contribution in [3.05, 3.63) is 87.8 Å². The molecule has 9 heteroatoms. The van der Waals surface area contributed by atoms with Crippen molar-refractivity contribution in [3.63, 3.8) is 0 Å². The fourth-order valence-electron chi connectivity index (χ4n) is 3.57. The van der Waals surface area contributed by atoms with Gasteiger partial charge in [-0.3, -0.25) is 14.4 Å². The third kappa shape index (κ3) is 4.85. The molecule has 1 aliphatic rings. The first-order valence-electron chi connectivity index (χ1n) is 10.1. The summed E-state index contributed by atoms with van der Waals surface area (Å²) in [6.07, 6.45) is 1.59. The maximum absolute atomic E-state index is 13.8. The fraction of sp³-hybridized carbons (Fsp3) is 0.167. The molecule has 2 amide bonds. The predicted octanol–water partition coefficient (Wildman–Crippen LogP) is 3.81. The summed E-state index contributed by atoms with van der Waals surface area (Å²) in [6, 6.07) is 12.1. The molecule has 0 fully saturated rings. The summed E-state index contributed by atoms with van der Waals surface area (Å²) in [5.74, 6) is -2.52. The number of pyridine rings is 1. The molecular formula is C24H19ClFN3O4. The zero-order valence-corrected chi connectivity index (χ0v) is 18.3. The normalized spacial score (nSPS) is 14.9. The van der Waals surface area contributed by atoms with Gasteiger partial charge in [0.15, 0.2) is 5.78 Å². The monoisotopic (exact) mass is 467 g/mol. The first-order valence-corrected chi connectivity index (χ1v) is 10.4. The van der Waals surface area contributed by atoms with E-state index in [4.69, 9.17) is 16.3 Å². The van der Waals surface area contributed by atoms with Gasteiger partial charge in [-0.1, -0.05) is 17.7 Å². The number of methoxy groups -OCH3 is 1. The molecule has 1 aromatic heterocycles. The Balaban J connectivity index is 1.51. The molecule has 4 rings (SSSR count). The number of benzene rings is 2. The third-order valence-corrected chi connectivity index (χ3v) is 5.63. The van der Waals surface area contributed by atoms with Gasteiger partial charge >= 0.3 is 0 Å². The van der Waals surface area contributed by atoms with Gasteiger partial charge in [0, 0.05) is 29.9 Å². The van der Waals surface area contributed by atoms with Crippen molar-refractivity contribution < 1.29 is 23.5 Å². The Hall–Kier alpha value is -3.78. The van der Waals surface area contributed by atoms with Crippen LogP contribution in [0.4, 0.5) is 10.1 Å². The van der Waals surface area contributed by atoms with Gasteiger partial charge in [-0.25, -0.2) is 9.37 Å². The summed E-state index contributed by atoms with van der Waals surface area (Å²) in [5.41, 5.74) is 2.10. The van der Waals surface area contributed by atoms with Crippen molar-refractivity contribution in [1.82, 2.24) is 10.3 Å². The molecule has 1 atom stereocenters. The highest BCUT2D eigenvalue weighted by molar-refractivity contribution is 6.30. The smallest absolute Gasteiger partial charge is 0.251 e. The average Bonchev–Trinajstić information content (AvgIpc) is 2.82. The minimum absolute atomic E-state index is 0.0124. The Kier molecular flexibility index (Phi) is 6.37. The van der Waals surface area contributed by atoms with Crippen LogP contribution in [0.15, 0.2) is 54.7 Å². The average molecular weight is 468 g/mol. The van der Waals surface area contributed by atoms with Crippen LogP contribution >= 0.6 is 11.6 Å². The number of nitrogens with one attached hydrogen (secondary N) is 2. The fourth-order valence-corrected chi connectivity index (χ4v) is 3.69. The van der Waals surface area contributed by atoms with Gasteiger partial charge in [0.2, 0.25) is 11.8 Å². The molecule has 1 unspecified atom stereocenters. The molecule has 0 aliphatic carbocycles. The highest BCUT2D eigenvalue weighted by Gasteiger charge is 2.35. The molecule has 0 spiro atoms. The number of carbonyl (C=O) groups excluding carboxylic acids is 3. The van der Waals surface area contributed by atoms with Crippen molar-refractivity contribution in [3.8, 4) is 5.88 Å². The van der Waals surface area contributed by atoms with Crippen LogP contribution < -0.4 is 15.4 Å². The molecule has 0 saturated carbocycles. The first-order chi connectivity index (χ1) is 15.9. The Labute approximate surface area is 193 Å². The maximum atomic E-state index is 13.8. The van der Waals surface area contributed by atoms with Gasteiger partial charge in [0.25, 0.3) is 5.91 Å². The number of Topliss-reactive ketones (excluding diaryl/α,β-unsaturated/α-hetero) is 1. The lowest BCUT2D eigenvalue weighted by atomic mass is 9.86. The van der Waals surface area contributed by atoms with Gasteiger partial charge in [-0.15, -0.1) is 0 Å². The molecule has 2 heterocycles. The number of amides is 2. The third-order valence-electron chi connectivity index (χ3n) is 5.32. The molecule has 2 N–H and O–H groups in total. The van der Waals surface area contributed by atoms with Gasteiger partial charge in [-0.05, 0) is 53.9 Å². The summed E-state index contributed by atoms with van der Waals surface area (Å²) in [7, 11) is 1.50. The van der Waals surface area contributed by atoms with E-state index in [0.717, 1.165) is 5.56 Å². The number of nitrogens with zero attached hydrogens (tertiary/aromatic N) is 1. The maximum Gasteiger partial charge on any atom is 0.251 e. The van der Waals surface area contributed by atoms with Crippen LogP contribution in [-0.2, 0) is 17.8 Å². The molecule has 3 aromatic rings. The highest BCUT2D eigenvalue weighted by Crippen LogP contribution is 2.29. The lowest BCUT2D eigenvalue weighted by Gasteiger charge is -2.24. The number of rotatable bonds is 6. The topological polar surface area (TPSA) is 97.4 Å². The second-order valence-corrected chi connectivity index (χ2v) is 7.92. The van der Waals surface area contributed by atoms with Gasteiger partial charge in [0.05, 0.1) is 17.8 Å². The number of hydrogen-bond donors (Lipinski definition) is 2. The van der Waals surface area contributed by atoms with Crippen LogP contribution in [0.1, 0.15) is 31.8 Å². The summed E-state index contributed by atoms with van der Waals surface area (Å²) >= 11 is 5.71. The molecule has 0 radical (unpaired) electrons. The molecule has 33 heavy (non-hydrogen) atoms. The molecule has 0 bridgehead atoms. The highest BCUT2D eigenvalue weighted by atomic mass is 35.5. The number of ketones is 1. The minimum Gasteiger partial charge on any atom is -0.481 e. The number of carbonyl (C=O) groups is 3. The van der Waals surface area contributed by atoms with Gasteiger partial charge in [0.1, 0.15) is 11.7 Å². The van der Waals surface area contributed by atoms with Crippen LogP contribution in [0, 0.1) is 11.7 Å². The minimum atomic E-state index is -1.04. The number of ether oxygens (including phenoxy) is 1. The molecule has 7 nitrogen and oxygen atoms in total. The van der Waals surface area contributed by atoms with Gasteiger partial charge in [-0.2, -0.15) is 0 Å². The Morgan fingerprint density at radius 1 is 1.15 bits per heavy atom. The first kappa shape index (κ1) is 22.4. The molecule has 168 valence electrons. The summed E-state index contributed by atoms with van der Waals surface area (Å²) < 4.78 is 18.8. The van der Waals surface area contributed by atoms with Crippen LogP contribution in [0.25, 0.3) is 0 Å². The predicted molar refractivity (Wildman–Crippen MR) is 120 cm³/mol. The van der Waals surface area contributed by atoms with Crippen LogP contribution in [-0.4, -0.2) is 29.7 Å². The van der Waals surface area contributed by atoms with Crippen LogP contribution in [0.5, 0.6) is 5.88 Å². The number of aromatic nitrogens is 1. The Morgan fingerprint density at radius 3 is 2.73 bits per heavy atom. The van der Waals surface area contributed by atoms with Crippen molar-refractivity contribution in [2.75, 3.05) is 12.4 Å². The summed E-state index contributed by atoms with van der Waals surface area (Å²) in [6.45, 7) is 0.240. The number of fused-ring (bicyclic) bond motifs is 1. The zero-order valence-electron chi connectivity index (χ0n) is 17.5. The van der Waals surface area contributed by atoms with Crippen LogP contribution in [0.2, 0.25) is 5.02 Å². The second-order valence-electron chi connectivity index (χ2n) is 7.51. The van der Waals surface area contributed by atoms with E-state index in [2.05, 4.69) is 15.6 Å². The standard InChI is InChI=1S/C24H19ClFN3O4/c1-33-21-10-14(6-7-27-21)12-28-23(31)15-3-5-20-16(11-15)22(30)17(24(32)29-20)8-13-2-4-18(25)19(26)9-13/h2-7,9-11,17H,8,12H2,1H3,(H,28,31)(H,29,32). The second kappa shape index (κ2) is 9.38. The van der Waals surface area contributed by atoms with E-state index in [1.807, 2.05) is 0 Å². The largest absolute Gasteiger partial charge is 0.481 e. The van der Waals surface area contributed by atoms with E-state index in [1.54, 1.807) is 24.4 Å². The lowest BCUT2D eigenvalue weighted by Crippen LogP contribution is -2.37. The number of halogens is 2. The van der Waals surface area contributed by atoms with Crippen molar-refractivity contribution in [2.24, 2.45) is 5.92 Å². The molecule has 0 saturated heterocycles. The van der Waals surface area contributed by atoms with E-state index >= 15 is 0 Å². The molecular weight excluding hydrogens is 449 g/mol. The molecule has 1 aliphatic heterocycles. The zero-order chi connectivity index (χ0) is 23.5. The SMILES string of the molecule is COc1cc(CNC(=O)c2ccc3c(c2)C(=O)C(Cc2ccc(Cl)c(F)c2)C(=O)N3)ccn1. The van der Waals surface area contributed by atoms with Crippen molar-refractivity contribution >= 4 is 34.9 Å².